The maximum absolute atomic E-state index is 10.8. The van der Waals surface area contributed by atoms with Crippen LogP contribution in [0.4, 0.5) is 0 Å². The van der Waals surface area contributed by atoms with E-state index in [0.29, 0.717) is 6.54 Å². The fourth-order valence-electron chi connectivity index (χ4n) is 0.467. The Kier molecular flexibility index (Phi) is 8.31. The van der Waals surface area contributed by atoms with E-state index in [1.165, 1.54) is 0 Å². The van der Waals surface area contributed by atoms with Gasteiger partial charge in [0.15, 0.2) is 0 Å². The molecular formula is C6H12INO3. The molecule has 0 aliphatic carbocycles. The SMILES string of the molecule is O=C(COCCO)NCCI. The Balaban J connectivity index is 3.09. The van der Waals surface area contributed by atoms with Gasteiger partial charge in [0.1, 0.15) is 6.61 Å². The van der Waals surface area contributed by atoms with Crippen molar-refractivity contribution in [3.05, 3.63) is 0 Å². The molecule has 0 spiro atoms. The van der Waals surface area contributed by atoms with Gasteiger partial charge < -0.3 is 15.2 Å². The van der Waals surface area contributed by atoms with Crippen molar-refractivity contribution in [2.24, 2.45) is 0 Å². The Labute approximate surface area is 79.4 Å². The Morgan fingerprint density at radius 3 is 2.91 bits per heavy atom. The summed E-state index contributed by atoms with van der Waals surface area (Å²) in [7, 11) is 0. The minimum atomic E-state index is -0.130. The van der Waals surface area contributed by atoms with Gasteiger partial charge in [-0.15, -0.1) is 0 Å². The molecule has 0 atom stereocenters. The lowest BCUT2D eigenvalue weighted by molar-refractivity contribution is -0.125. The van der Waals surface area contributed by atoms with Gasteiger partial charge in [-0.25, -0.2) is 0 Å². The molecule has 0 rings (SSSR count). The van der Waals surface area contributed by atoms with Gasteiger partial charge in [0.05, 0.1) is 13.2 Å². The van der Waals surface area contributed by atoms with Crippen LogP contribution in [-0.2, 0) is 9.53 Å². The van der Waals surface area contributed by atoms with Gasteiger partial charge in [0.2, 0.25) is 5.91 Å². The van der Waals surface area contributed by atoms with Gasteiger partial charge in [0.25, 0.3) is 0 Å². The lowest BCUT2D eigenvalue weighted by Crippen LogP contribution is -2.29. The Morgan fingerprint density at radius 2 is 2.36 bits per heavy atom. The summed E-state index contributed by atoms with van der Waals surface area (Å²) in [5.41, 5.74) is 0. The van der Waals surface area contributed by atoms with Crippen LogP contribution in [0.1, 0.15) is 0 Å². The molecule has 66 valence electrons. The first-order chi connectivity index (χ1) is 5.31. The molecule has 2 N–H and O–H groups in total. The minimum Gasteiger partial charge on any atom is -0.394 e. The molecular weight excluding hydrogens is 261 g/mol. The summed E-state index contributed by atoms with van der Waals surface area (Å²) in [5, 5.41) is 10.9. The quantitative estimate of drug-likeness (QED) is 0.391. The van der Waals surface area contributed by atoms with Crippen LogP contribution in [0.25, 0.3) is 0 Å². The average molecular weight is 273 g/mol. The van der Waals surface area contributed by atoms with Crippen LogP contribution in [0.5, 0.6) is 0 Å². The summed E-state index contributed by atoms with van der Waals surface area (Å²) in [5.74, 6) is -0.130. The third-order valence-electron chi connectivity index (χ3n) is 0.885. The summed E-state index contributed by atoms with van der Waals surface area (Å²) in [6, 6.07) is 0. The number of aliphatic hydroxyl groups is 1. The van der Waals surface area contributed by atoms with E-state index in [9.17, 15) is 4.79 Å². The zero-order chi connectivity index (χ0) is 8.53. The van der Waals surface area contributed by atoms with Crippen molar-refractivity contribution in [3.63, 3.8) is 0 Å². The highest BCUT2D eigenvalue weighted by Crippen LogP contribution is 1.78. The number of amides is 1. The predicted octanol–water partition coefficient (Wildman–Crippen LogP) is -0.454. The molecule has 0 saturated heterocycles. The van der Waals surface area contributed by atoms with Crippen molar-refractivity contribution in [1.29, 1.82) is 0 Å². The van der Waals surface area contributed by atoms with Crippen molar-refractivity contribution in [3.8, 4) is 0 Å². The fraction of sp³-hybridized carbons (Fsp3) is 0.833. The maximum atomic E-state index is 10.8. The highest BCUT2D eigenvalue weighted by molar-refractivity contribution is 14.1. The maximum Gasteiger partial charge on any atom is 0.246 e. The van der Waals surface area contributed by atoms with Crippen molar-refractivity contribution >= 4 is 28.5 Å². The molecule has 0 fully saturated rings. The summed E-state index contributed by atoms with van der Waals surface area (Å²) in [4.78, 5) is 10.8. The second kappa shape index (κ2) is 8.22. The van der Waals surface area contributed by atoms with Crippen LogP contribution in [-0.4, -0.2) is 41.8 Å². The van der Waals surface area contributed by atoms with E-state index in [-0.39, 0.29) is 25.7 Å². The van der Waals surface area contributed by atoms with E-state index in [1.54, 1.807) is 0 Å². The molecule has 0 aliphatic heterocycles. The topological polar surface area (TPSA) is 58.6 Å². The first kappa shape index (κ1) is 11.1. The van der Waals surface area contributed by atoms with Crippen molar-refractivity contribution < 1.29 is 14.6 Å². The highest BCUT2D eigenvalue weighted by Gasteiger charge is 1.97. The first-order valence-electron chi connectivity index (χ1n) is 3.32. The van der Waals surface area contributed by atoms with Gasteiger partial charge in [-0.3, -0.25) is 4.79 Å². The first-order valence-corrected chi connectivity index (χ1v) is 4.85. The minimum absolute atomic E-state index is 0.0389. The molecule has 4 nitrogen and oxygen atoms in total. The Morgan fingerprint density at radius 1 is 1.64 bits per heavy atom. The van der Waals surface area contributed by atoms with Gasteiger partial charge in [-0.2, -0.15) is 0 Å². The Hall–Kier alpha value is 0.120. The molecule has 0 unspecified atom stereocenters. The number of halogens is 1. The second-order valence-electron chi connectivity index (χ2n) is 1.82. The van der Waals surface area contributed by atoms with Crippen molar-refractivity contribution in [1.82, 2.24) is 5.32 Å². The summed E-state index contributed by atoms with van der Waals surface area (Å²) in [6.07, 6.45) is 0. The molecule has 0 radical (unpaired) electrons. The normalized spacial score (nSPS) is 9.64. The number of hydrogen-bond acceptors (Lipinski definition) is 3. The number of hydrogen-bond donors (Lipinski definition) is 2. The Bertz CT molecular complexity index is 110. The molecule has 0 saturated carbocycles. The van der Waals surface area contributed by atoms with Crippen molar-refractivity contribution in [2.45, 2.75) is 0 Å². The van der Waals surface area contributed by atoms with Crippen molar-refractivity contribution in [2.75, 3.05) is 30.8 Å². The van der Waals surface area contributed by atoms with E-state index in [4.69, 9.17) is 9.84 Å². The van der Waals surface area contributed by atoms with E-state index < -0.39 is 0 Å². The zero-order valence-electron chi connectivity index (χ0n) is 6.18. The molecule has 0 aromatic heterocycles. The molecule has 0 aliphatic rings. The predicted molar refractivity (Wildman–Crippen MR) is 49.8 cm³/mol. The third kappa shape index (κ3) is 8.02. The van der Waals surface area contributed by atoms with E-state index in [2.05, 4.69) is 27.9 Å². The van der Waals surface area contributed by atoms with Crippen LogP contribution in [0.3, 0.4) is 0 Å². The molecule has 5 heteroatoms. The molecule has 0 heterocycles. The van der Waals surface area contributed by atoms with E-state index >= 15 is 0 Å². The number of alkyl halides is 1. The number of ether oxygens (including phenoxy) is 1. The average Bonchev–Trinajstić information content (AvgIpc) is 2.01. The number of aliphatic hydroxyl groups excluding tert-OH is 1. The largest absolute Gasteiger partial charge is 0.394 e. The third-order valence-corrected chi connectivity index (χ3v) is 1.42. The fourth-order valence-corrected chi connectivity index (χ4v) is 0.737. The second-order valence-corrected chi connectivity index (χ2v) is 2.89. The monoisotopic (exact) mass is 273 g/mol. The standard InChI is InChI=1S/C6H12INO3/c7-1-2-8-6(10)5-11-4-3-9/h9H,1-5H2,(H,8,10). The molecule has 1 amide bonds. The van der Waals surface area contributed by atoms with E-state index in [0.717, 1.165) is 4.43 Å². The molecule has 0 aromatic rings. The summed E-state index contributed by atoms with van der Waals surface area (Å²) >= 11 is 2.17. The summed E-state index contributed by atoms with van der Waals surface area (Å²) in [6.45, 7) is 0.885. The van der Waals surface area contributed by atoms with Crippen LogP contribution < -0.4 is 5.32 Å². The van der Waals surface area contributed by atoms with Crippen LogP contribution in [0.15, 0.2) is 0 Å². The number of carbonyl (C=O) groups is 1. The van der Waals surface area contributed by atoms with Gasteiger partial charge >= 0.3 is 0 Å². The van der Waals surface area contributed by atoms with E-state index in [1.807, 2.05) is 0 Å². The zero-order valence-corrected chi connectivity index (χ0v) is 8.33. The van der Waals surface area contributed by atoms with Crippen LogP contribution in [0, 0.1) is 0 Å². The smallest absolute Gasteiger partial charge is 0.246 e. The number of rotatable bonds is 6. The molecule has 0 aromatic carbocycles. The van der Waals surface area contributed by atoms with Gasteiger partial charge in [0, 0.05) is 11.0 Å². The van der Waals surface area contributed by atoms with Gasteiger partial charge in [-0.05, 0) is 0 Å². The molecule has 0 bridgehead atoms. The number of nitrogens with one attached hydrogen (secondary N) is 1. The van der Waals surface area contributed by atoms with Gasteiger partial charge in [-0.1, -0.05) is 22.6 Å². The summed E-state index contributed by atoms with van der Waals surface area (Å²) < 4.78 is 5.67. The van der Waals surface area contributed by atoms with Crippen LogP contribution >= 0.6 is 22.6 Å². The lowest BCUT2D eigenvalue weighted by Gasteiger charge is -2.02. The number of carbonyl (C=O) groups excluding carboxylic acids is 1. The molecule has 11 heavy (non-hydrogen) atoms. The highest BCUT2D eigenvalue weighted by atomic mass is 127. The lowest BCUT2D eigenvalue weighted by atomic mass is 10.6. The van der Waals surface area contributed by atoms with Crippen LogP contribution in [0.2, 0.25) is 0 Å².